The fraction of sp³-hybridized carbons (Fsp3) is 0.250. The van der Waals surface area contributed by atoms with Crippen LogP contribution < -0.4 is 10.9 Å². The Balaban J connectivity index is 1.56. The van der Waals surface area contributed by atoms with Gasteiger partial charge in [0.2, 0.25) is 5.91 Å². The zero-order chi connectivity index (χ0) is 20.1. The van der Waals surface area contributed by atoms with Gasteiger partial charge >= 0.3 is 0 Å². The average Bonchev–Trinajstić information content (AvgIpc) is 2.70. The van der Waals surface area contributed by atoms with Crippen molar-refractivity contribution in [1.82, 2.24) is 25.8 Å². The summed E-state index contributed by atoms with van der Waals surface area (Å²) in [5.74, 6) is -0.749. The Kier molecular flexibility index (Phi) is 6.20. The number of pyridine rings is 1. The van der Waals surface area contributed by atoms with Crippen LogP contribution in [0, 0.1) is 13.8 Å². The molecule has 0 atom stereocenters. The highest BCUT2D eigenvalue weighted by Gasteiger charge is 2.12. The molecule has 3 rings (SSSR count). The minimum Gasteiger partial charge on any atom is -0.273 e. The predicted molar refractivity (Wildman–Crippen MR) is 109 cm³/mol. The van der Waals surface area contributed by atoms with E-state index in [0.29, 0.717) is 6.42 Å². The number of carbonyl (C=O) groups is 2. The molecule has 0 unspecified atom stereocenters. The van der Waals surface area contributed by atoms with Crippen molar-refractivity contribution >= 4 is 34.5 Å². The predicted octanol–water partition coefficient (Wildman–Crippen LogP) is 2.76. The highest BCUT2D eigenvalue weighted by Crippen LogP contribution is 2.17. The van der Waals surface area contributed by atoms with E-state index in [1.54, 1.807) is 6.07 Å². The smallest absolute Gasteiger partial charge is 0.273 e. The summed E-state index contributed by atoms with van der Waals surface area (Å²) in [6.45, 7) is 3.82. The molecule has 0 bridgehead atoms. The van der Waals surface area contributed by atoms with E-state index >= 15 is 0 Å². The number of aryl methyl sites for hydroxylation is 2. The van der Waals surface area contributed by atoms with Gasteiger partial charge in [-0.1, -0.05) is 36.0 Å². The summed E-state index contributed by atoms with van der Waals surface area (Å²) in [5, 5.41) is 1.67. The molecule has 0 aliphatic heterocycles. The summed E-state index contributed by atoms with van der Waals surface area (Å²) < 4.78 is 0. The summed E-state index contributed by atoms with van der Waals surface area (Å²) in [6, 6.07) is 11.0. The summed E-state index contributed by atoms with van der Waals surface area (Å²) >= 11 is 1.49. The largest absolute Gasteiger partial charge is 0.288 e. The third-order valence-corrected chi connectivity index (χ3v) is 4.88. The highest BCUT2D eigenvalue weighted by atomic mass is 32.2. The van der Waals surface area contributed by atoms with Gasteiger partial charge in [-0.2, -0.15) is 0 Å². The van der Waals surface area contributed by atoms with Gasteiger partial charge in [0.15, 0.2) is 5.16 Å². The standard InChI is InChI=1S/C20H21N5O2S/c1-12-15(13(2)22-20(21-12)28-3)9-11-18(26)24-25-19(27)17-10-8-14-6-4-5-7-16(14)23-17/h4-8,10H,9,11H2,1-3H3,(H,24,26)(H,25,27). The number of rotatable bonds is 5. The monoisotopic (exact) mass is 395 g/mol. The first-order valence-electron chi connectivity index (χ1n) is 8.81. The van der Waals surface area contributed by atoms with Crippen molar-refractivity contribution in [3.05, 3.63) is 59.0 Å². The molecule has 0 aliphatic carbocycles. The number of benzene rings is 1. The van der Waals surface area contributed by atoms with E-state index in [4.69, 9.17) is 0 Å². The summed E-state index contributed by atoms with van der Waals surface area (Å²) in [5.41, 5.74) is 8.51. The number of hydrogen-bond acceptors (Lipinski definition) is 6. The molecule has 0 saturated carbocycles. The van der Waals surface area contributed by atoms with Crippen LogP contribution >= 0.6 is 11.8 Å². The molecule has 2 heterocycles. The van der Waals surface area contributed by atoms with Crippen LogP contribution in [0.1, 0.15) is 33.9 Å². The van der Waals surface area contributed by atoms with Crippen molar-refractivity contribution in [1.29, 1.82) is 0 Å². The number of hydrogen-bond donors (Lipinski definition) is 2. The van der Waals surface area contributed by atoms with Crippen LogP contribution in [0.5, 0.6) is 0 Å². The maximum Gasteiger partial charge on any atom is 0.288 e. The number of nitrogens with one attached hydrogen (secondary N) is 2. The zero-order valence-corrected chi connectivity index (χ0v) is 16.8. The van der Waals surface area contributed by atoms with Crippen molar-refractivity contribution in [2.75, 3.05) is 6.26 Å². The maximum atomic E-state index is 12.2. The first kappa shape index (κ1) is 19.8. The van der Waals surface area contributed by atoms with Gasteiger partial charge in [-0.3, -0.25) is 20.4 Å². The minimum atomic E-state index is -0.459. The zero-order valence-electron chi connectivity index (χ0n) is 15.9. The topological polar surface area (TPSA) is 96.9 Å². The lowest BCUT2D eigenvalue weighted by Crippen LogP contribution is -2.42. The molecule has 0 radical (unpaired) electrons. The van der Waals surface area contributed by atoms with Crippen molar-refractivity contribution in [3.63, 3.8) is 0 Å². The fourth-order valence-electron chi connectivity index (χ4n) is 2.85. The molecule has 0 saturated heterocycles. The van der Waals surface area contributed by atoms with Crippen molar-refractivity contribution in [2.45, 2.75) is 31.8 Å². The van der Waals surface area contributed by atoms with Gasteiger partial charge in [0, 0.05) is 23.2 Å². The number of thioether (sulfide) groups is 1. The molecule has 28 heavy (non-hydrogen) atoms. The quantitative estimate of drug-likeness (QED) is 0.392. The fourth-order valence-corrected chi connectivity index (χ4v) is 3.30. The van der Waals surface area contributed by atoms with Gasteiger partial charge in [-0.15, -0.1) is 0 Å². The van der Waals surface area contributed by atoms with E-state index < -0.39 is 5.91 Å². The van der Waals surface area contributed by atoms with Crippen molar-refractivity contribution in [3.8, 4) is 0 Å². The molecule has 2 N–H and O–H groups in total. The van der Waals surface area contributed by atoms with Crippen LogP contribution in [0.25, 0.3) is 10.9 Å². The summed E-state index contributed by atoms with van der Waals surface area (Å²) in [7, 11) is 0. The Morgan fingerprint density at radius 1 is 0.964 bits per heavy atom. The molecular weight excluding hydrogens is 374 g/mol. The van der Waals surface area contributed by atoms with Crippen molar-refractivity contribution < 1.29 is 9.59 Å². The van der Waals surface area contributed by atoms with Crippen LogP contribution in [-0.2, 0) is 11.2 Å². The first-order valence-corrected chi connectivity index (χ1v) is 10.0. The number of fused-ring (bicyclic) bond motifs is 1. The normalized spacial score (nSPS) is 10.7. The Morgan fingerprint density at radius 3 is 2.39 bits per heavy atom. The van der Waals surface area contributed by atoms with E-state index in [2.05, 4.69) is 25.8 Å². The number of carbonyl (C=O) groups excluding carboxylic acids is 2. The van der Waals surface area contributed by atoms with Gasteiger partial charge in [0.25, 0.3) is 5.91 Å². The average molecular weight is 395 g/mol. The number of para-hydroxylation sites is 1. The lowest BCUT2D eigenvalue weighted by molar-refractivity contribution is -0.121. The third-order valence-electron chi connectivity index (χ3n) is 4.33. The van der Waals surface area contributed by atoms with Crippen LogP contribution in [0.3, 0.4) is 0 Å². The Morgan fingerprint density at radius 2 is 1.68 bits per heavy atom. The number of nitrogens with zero attached hydrogens (tertiary/aromatic N) is 3. The van der Waals surface area contributed by atoms with Gasteiger partial charge in [-0.05, 0) is 44.2 Å². The van der Waals surface area contributed by atoms with E-state index in [9.17, 15) is 9.59 Å². The Bertz CT molecular complexity index is 1020. The van der Waals surface area contributed by atoms with Crippen molar-refractivity contribution in [2.24, 2.45) is 0 Å². The highest BCUT2D eigenvalue weighted by molar-refractivity contribution is 7.98. The molecule has 2 amide bonds. The van der Waals surface area contributed by atoms with Gasteiger partial charge in [0.05, 0.1) is 5.52 Å². The van der Waals surface area contributed by atoms with E-state index in [1.165, 1.54) is 11.8 Å². The second-order valence-corrected chi connectivity index (χ2v) is 7.02. The number of aromatic nitrogens is 3. The molecule has 0 aliphatic rings. The van der Waals surface area contributed by atoms with Gasteiger partial charge < -0.3 is 0 Å². The number of amides is 2. The molecular formula is C20H21N5O2S. The summed E-state index contributed by atoms with van der Waals surface area (Å²) in [6.07, 6.45) is 2.64. The Labute approximate surface area is 167 Å². The molecule has 7 nitrogen and oxygen atoms in total. The molecule has 8 heteroatoms. The van der Waals surface area contributed by atoms with Crippen LogP contribution in [0.15, 0.2) is 41.6 Å². The second kappa shape index (κ2) is 8.79. The second-order valence-electron chi connectivity index (χ2n) is 6.25. The number of hydrazine groups is 1. The molecule has 0 fully saturated rings. The maximum absolute atomic E-state index is 12.2. The molecule has 1 aromatic carbocycles. The molecule has 0 spiro atoms. The van der Waals surface area contributed by atoms with Crippen LogP contribution in [0.2, 0.25) is 0 Å². The van der Waals surface area contributed by atoms with Crippen LogP contribution in [0.4, 0.5) is 0 Å². The molecule has 144 valence electrons. The lowest BCUT2D eigenvalue weighted by Gasteiger charge is -2.11. The Hall–Kier alpha value is -3.00. The SMILES string of the molecule is CSc1nc(C)c(CCC(=O)NNC(=O)c2ccc3ccccc3n2)c(C)n1. The van der Waals surface area contributed by atoms with E-state index in [0.717, 1.165) is 33.0 Å². The first-order chi connectivity index (χ1) is 13.5. The lowest BCUT2D eigenvalue weighted by atomic mass is 10.1. The van der Waals surface area contributed by atoms with Gasteiger partial charge in [0.1, 0.15) is 5.69 Å². The third kappa shape index (κ3) is 4.64. The minimum absolute atomic E-state index is 0.217. The van der Waals surface area contributed by atoms with E-state index in [1.807, 2.05) is 50.4 Å². The van der Waals surface area contributed by atoms with Crippen LogP contribution in [-0.4, -0.2) is 33.0 Å². The van der Waals surface area contributed by atoms with Gasteiger partial charge in [-0.25, -0.2) is 15.0 Å². The summed E-state index contributed by atoms with van der Waals surface area (Å²) in [4.78, 5) is 37.5. The van der Waals surface area contributed by atoms with E-state index in [-0.39, 0.29) is 18.0 Å². The molecule has 2 aromatic heterocycles. The molecule has 3 aromatic rings.